The molecule has 0 unspecified atom stereocenters. The van der Waals surface area contributed by atoms with Crippen LogP contribution in [-0.4, -0.2) is 28.8 Å². The van der Waals surface area contributed by atoms with E-state index in [1.165, 1.54) is 11.8 Å². The molecule has 1 aromatic carbocycles. The maximum Gasteiger partial charge on any atom is 0.234 e. The van der Waals surface area contributed by atoms with Crippen LogP contribution in [0.5, 0.6) is 0 Å². The molecule has 0 aliphatic rings. The molecule has 0 aliphatic carbocycles. The predicted octanol–water partition coefficient (Wildman–Crippen LogP) is 2.19. The van der Waals surface area contributed by atoms with Gasteiger partial charge in [0.25, 0.3) is 0 Å². The number of amides is 1. The Morgan fingerprint density at radius 1 is 1.50 bits per heavy atom. The minimum atomic E-state index is -0.0642. The molecule has 5 heteroatoms. The molecule has 16 heavy (non-hydrogen) atoms. The molecule has 1 rings (SSSR count). The first-order valence-electron chi connectivity index (χ1n) is 4.76. The van der Waals surface area contributed by atoms with Crippen LogP contribution in [0.15, 0.2) is 29.4 Å². The third kappa shape index (κ3) is 3.27. The van der Waals surface area contributed by atoms with Gasteiger partial charge in [0.1, 0.15) is 0 Å². The summed E-state index contributed by atoms with van der Waals surface area (Å²) < 4.78 is 0. The highest BCUT2D eigenvalue weighted by Crippen LogP contribution is 2.16. The SMILES string of the molecule is CSCC(=O)Nc1ccccc1C(C)=NO. The van der Waals surface area contributed by atoms with Crippen molar-refractivity contribution in [2.45, 2.75) is 6.92 Å². The van der Waals surface area contributed by atoms with Gasteiger partial charge in [0.15, 0.2) is 0 Å². The predicted molar refractivity (Wildman–Crippen MR) is 67.5 cm³/mol. The van der Waals surface area contributed by atoms with Crippen LogP contribution >= 0.6 is 11.8 Å². The molecule has 1 amide bonds. The number of benzene rings is 1. The Hall–Kier alpha value is -1.49. The fraction of sp³-hybridized carbons (Fsp3) is 0.273. The molecule has 0 fully saturated rings. The van der Waals surface area contributed by atoms with Crippen molar-refractivity contribution >= 4 is 29.1 Å². The molecule has 2 N–H and O–H groups in total. The largest absolute Gasteiger partial charge is 0.411 e. The molecule has 86 valence electrons. The average Bonchev–Trinajstić information content (AvgIpc) is 2.29. The van der Waals surface area contributed by atoms with E-state index in [4.69, 9.17) is 5.21 Å². The Balaban J connectivity index is 2.91. The maximum absolute atomic E-state index is 11.4. The van der Waals surface area contributed by atoms with Gasteiger partial charge in [-0.3, -0.25) is 4.79 Å². The van der Waals surface area contributed by atoms with E-state index in [-0.39, 0.29) is 5.91 Å². The number of para-hydroxylation sites is 1. The van der Waals surface area contributed by atoms with Gasteiger partial charge in [0.05, 0.1) is 11.5 Å². The molecule has 0 heterocycles. The molecule has 0 bridgehead atoms. The third-order valence-electron chi connectivity index (χ3n) is 2.02. The topological polar surface area (TPSA) is 61.7 Å². The zero-order valence-corrected chi connectivity index (χ0v) is 10.0. The minimum absolute atomic E-state index is 0.0642. The van der Waals surface area contributed by atoms with E-state index in [2.05, 4.69) is 10.5 Å². The van der Waals surface area contributed by atoms with E-state index in [1.54, 1.807) is 19.1 Å². The first-order chi connectivity index (χ1) is 7.69. The normalized spacial score (nSPS) is 11.2. The number of nitrogens with zero attached hydrogens (tertiary/aromatic N) is 1. The van der Waals surface area contributed by atoms with Crippen molar-refractivity contribution in [1.82, 2.24) is 0 Å². The maximum atomic E-state index is 11.4. The van der Waals surface area contributed by atoms with Crippen LogP contribution in [0.1, 0.15) is 12.5 Å². The Kier molecular flexibility index (Phi) is 4.85. The molecule has 0 aromatic heterocycles. The lowest BCUT2D eigenvalue weighted by Crippen LogP contribution is -2.16. The van der Waals surface area contributed by atoms with Crippen LogP contribution in [0, 0.1) is 0 Å². The van der Waals surface area contributed by atoms with E-state index in [0.717, 1.165) is 5.56 Å². The van der Waals surface area contributed by atoms with Crippen molar-refractivity contribution in [3.63, 3.8) is 0 Å². The van der Waals surface area contributed by atoms with Crippen LogP contribution in [0.25, 0.3) is 0 Å². The number of hydrogen-bond acceptors (Lipinski definition) is 4. The summed E-state index contributed by atoms with van der Waals surface area (Å²) in [6.45, 7) is 1.68. The van der Waals surface area contributed by atoms with Crippen molar-refractivity contribution in [1.29, 1.82) is 0 Å². The summed E-state index contributed by atoms with van der Waals surface area (Å²) in [6, 6.07) is 7.23. The summed E-state index contributed by atoms with van der Waals surface area (Å²) in [4.78, 5) is 11.4. The van der Waals surface area contributed by atoms with Gasteiger partial charge in [-0.2, -0.15) is 11.8 Å². The van der Waals surface area contributed by atoms with E-state index in [0.29, 0.717) is 17.2 Å². The molecule has 0 saturated carbocycles. The molecule has 4 nitrogen and oxygen atoms in total. The number of carbonyl (C=O) groups is 1. The van der Waals surface area contributed by atoms with Crippen LogP contribution in [0.4, 0.5) is 5.69 Å². The summed E-state index contributed by atoms with van der Waals surface area (Å²) >= 11 is 1.46. The van der Waals surface area contributed by atoms with Crippen molar-refractivity contribution in [2.75, 3.05) is 17.3 Å². The van der Waals surface area contributed by atoms with Gasteiger partial charge in [-0.1, -0.05) is 23.4 Å². The Bertz CT molecular complexity index is 405. The van der Waals surface area contributed by atoms with E-state index in [1.807, 2.05) is 18.4 Å². The second kappa shape index (κ2) is 6.17. The van der Waals surface area contributed by atoms with Crippen LogP contribution in [-0.2, 0) is 4.79 Å². The molecule has 0 spiro atoms. The summed E-state index contributed by atoms with van der Waals surface area (Å²) in [7, 11) is 0. The van der Waals surface area contributed by atoms with Gasteiger partial charge in [-0.15, -0.1) is 0 Å². The number of carbonyl (C=O) groups excluding carboxylic acids is 1. The fourth-order valence-electron chi connectivity index (χ4n) is 1.28. The lowest BCUT2D eigenvalue weighted by atomic mass is 10.1. The summed E-state index contributed by atoms with van der Waals surface area (Å²) in [5, 5.41) is 14.6. The molecule has 1 aromatic rings. The van der Waals surface area contributed by atoms with Gasteiger partial charge in [0, 0.05) is 11.3 Å². The number of anilines is 1. The molecule has 0 saturated heterocycles. The number of hydrogen-bond donors (Lipinski definition) is 2. The van der Waals surface area contributed by atoms with Crippen molar-refractivity contribution < 1.29 is 10.0 Å². The summed E-state index contributed by atoms with van der Waals surface area (Å²) in [5.74, 6) is 0.342. The van der Waals surface area contributed by atoms with Gasteiger partial charge in [-0.05, 0) is 19.2 Å². The third-order valence-corrected chi connectivity index (χ3v) is 2.57. The lowest BCUT2D eigenvalue weighted by Gasteiger charge is -2.09. The monoisotopic (exact) mass is 238 g/mol. The van der Waals surface area contributed by atoms with E-state index in [9.17, 15) is 4.79 Å². The van der Waals surface area contributed by atoms with E-state index < -0.39 is 0 Å². The van der Waals surface area contributed by atoms with Gasteiger partial charge < -0.3 is 10.5 Å². The van der Waals surface area contributed by atoms with Crippen LogP contribution in [0.2, 0.25) is 0 Å². The molecule has 0 radical (unpaired) electrons. The number of nitrogens with one attached hydrogen (secondary N) is 1. The van der Waals surface area contributed by atoms with Crippen molar-refractivity contribution in [3.8, 4) is 0 Å². The molecular formula is C11H14N2O2S. The number of oxime groups is 1. The number of thioether (sulfide) groups is 1. The van der Waals surface area contributed by atoms with Crippen LogP contribution < -0.4 is 5.32 Å². The highest BCUT2D eigenvalue weighted by molar-refractivity contribution is 7.99. The Morgan fingerprint density at radius 3 is 2.81 bits per heavy atom. The Morgan fingerprint density at radius 2 is 2.19 bits per heavy atom. The minimum Gasteiger partial charge on any atom is -0.411 e. The molecular weight excluding hydrogens is 224 g/mol. The fourth-order valence-corrected chi connectivity index (χ4v) is 1.61. The standard InChI is InChI=1S/C11H14N2O2S/c1-8(13-15)9-5-3-4-6-10(9)12-11(14)7-16-2/h3-6,15H,7H2,1-2H3,(H,12,14). The smallest absolute Gasteiger partial charge is 0.234 e. The quantitative estimate of drug-likeness (QED) is 0.480. The van der Waals surface area contributed by atoms with Crippen LogP contribution in [0.3, 0.4) is 0 Å². The Labute approximate surface area is 98.7 Å². The molecule has 0 aliphatic heterocycles. The lowest BCUT2D eigenvalue weighted by molar-refractivity contribution is -0.113. The van der Waals surface area contributed by atoms with E-state index >= 15 is 0 Å². The molecule has 0 atom stereocenters. The first kappa shape index (κ1) is 12.6. The highest BCUT2D eigenvalue weighted by atomic mass is 32.2. The van der Waals surface area contributed by atoms with Gasteiger partial charge in [0.2, 0.25) is 5.91 Å². The van der Waals surface area contributed by atoms with Gasteiger partial charge >= 0.3 is 0 Å². The zero-order chi connectivity index (χ0) is 12.0. The second-order valence-corrected chi connectivity index (χ2v) is 4.08. The summed E-state index contributed by atoms with van der Waals surface area (Å²) in [6.07, 6.45) is 1.87. The summed E-state index contributed by atoms with van der Waals surface area (Å²) in [5.41, 5.74) is 1.86. The van der Waals surface area contributed by atoms with Crippen molar-refractivity contribution in [2.24, 2.45) is 5.16 Å². The second-order valence-electron chi connectivity index (χ2n) is 3.21. The first-order valence-corrected chi connectivity index (χ1v) is 6.15. The van der Waals surface area contributed by atoms with Gasteiger partial charge in [-0.25, -0.2) is 0 Å². The average molecular weight is 238 g/mol. The highest BCUT2D eigenvalue weighted by Gasteiger charge is 2.08. The number of rotatable bonds is 4. The zero-order valence-electron chi connectivity index (χ0n) is 9.23. The van der Waals surface area contributed by atoms with Crippen molar-refractivity contribution in [3.05, 3.63) is 29.8 Å².